The van der Waals surface area contributed by atoms with Gasteiger partial charge in [-0.25, -0.2) is 0 Å². The Morgan fingerprint density at radius 1 is 1.09 bits per heavy atom. The summed E-state index contributed by atoms with van der Waals surface area (Å²) in [5.74, 6) is 7.76. The standard InChI is InChI=1S/C29H35NO2/c1-5-15-29(32)16-14-26-24-12-8-20-17-22(31)11-13-23(20)27(24)25(18-28(26,29)2)19-6-9-21(10-7-19)30(3)4/h6-7,9-10,17,24-26,32H,8,11-14,16,18H2,1-4H3/t24-,25?,26-,28-,29?/m0/s1. The second-order valence-electron chi connectivity index (χ2n) is 10.8. The predicted molar refractivity (Wildman–Crippen MR) is 129 cm³/mol. The van der Waals surface area contributed by atoms with Crippen LogP contribution in [-0.4, -0.2) is 30.6 Å². The number of nitrogens with zero attached hydrogens (tertiary/aromatic N) is 1. The molecule has 0 aliphatic heterocycles. The number of aliphatic hydroxyl groups is 1. The lowest BCUT2D eigenvalue weighted by Gasteiger charge is -2.53. The van der Waals surface area contributed by atoms with Gasteiger partial charge in [0.2, 0.25) is 0 Å². The Morgan fingerprint density at radius 2 is 1.84 bits per heavy atom. The quantitative estimate of drug-likeness (QED) is 0.640. The van der Waals surface area contributed by atoms with E-state index in [0.29, 0.717) is 18.3 Å². The molecule has 0 spiro atoms. The number of anilines is 1. The van der Waals surface area contributed by atoms with E-state index >= 15 is 0 Å². The molecule has 4 aliphatic carbocycles. The summed E-state index contributed by atoms with van der Waals surface area (Å²) in [5.41, 5.74) is 5.71. The van der Waals surface area contributed by atoms with Gasteiger partial charge in [-0.05, 0) is 92.2 Å². The molecular weight excluding hydrogens is 394 g/mol. The summed E-state index contributed by atoms with van der Waals surface area (Å²) in [7, 11) is 4.14. The fourth-order valence-corrected chi connectivity index (χ4v) is 7.38. The van der Waals surface area contributed by atoms with E-state index in [-0.39, 0.29) is 17.1 Å². The summed E-state index contributed by atoms with van der Waals surface area (Å²) in [6.45, 7) is 4.15. The molecule has 2 unspecified atom stereocenters. The molecule has 0 aromatic heterocycles. The number of allylic oxidation sites excluding steroid dienone is 4. The summed E-state index contributed by atoms with van der Waals surface area (Å²) in [6.07, 6.45) is 8.23. The molecule has 1 aromatic rings. The minimum absolute atomic E-state index is 0.221. The van der Waals surface area contributed by atoms with Gasteiger partial charge in [0.1, 0.15) is 5.60 Å². The van der Waals surface area contributed by atoms with Crippen molar-refractivity contribution < 1.29 is 9.90 Å². The maximum Gasteiger partial charge on any atom is 0.156 e. The maximum absolute atomic E-state index is 12.2. The minimum atomic E-state index is -0.914. The normalized spacial score (nSPS) is 35.8. The molecule has 1 N–H and O–H groups in total. The lowest BCUT2D eigenvalue weighted by molar-refractivity contribution is -0.114. The Morgan fingerprint density at radius 3 is 2.53 bits per heavy atom. The van der Waals surface area contributed by atoms with Crippen LogP contribution in [0.5, 0.6) is 0 Å². The van der Waals surface area contributed by atoms with Crippen molar-refractivity contribution in [3.63, 3.8) is 0 Å². The third kappa shape index (κ3) is 3.11. The smallest absolute Gasteiger partial charge is 0.156 e. The van der Waals surface area contributed by atoms with Gasteiger partial charge in [-0.15, -0.1) is 5.92 Å². The van der Waals surface area contributed by atoms with Gasteiger partial charge in [0.15, 0.2) is 5.78 Å². The van der Waals surface area contributed by atoms with Crippen molar-refractivity contribution in [2.75, 3.05) is 19.0 Å². The molecule has 3 heteroatoms. The van der Waals surface area contributed by atoms with Crippen molar-refractivity contribution >= 4 is 11.5 Å². The third-order valence-electron chi connectivity index (χ3n) is 9.03. The molecule has 0 bridgehead atoms. The molecule has 3 nitrogen and oxygen atoms in total. The van der Waals surface area contributed by atoms with Crippen molar-refractivity contribution in [2.45, 2.75) is 70.3 Å². The molecule has 0 saturated heterocycles. The molecule has 2 saturated carbocycles. The first-order valence-corrected chi connectivity index (χ1v) is 12.2. The highest BCUT2D eigenvalue weighted by Crippen LogP contribution is 2.66. The van der Waals surface area contributed by atoms with Crippen molar-refractivity contribution in [1.82, 2.24) is 0 Å². The molecule has 0 heterocycles. The van der Waals surface area contributed by atoms with Gasteiger partial charge in [0.05, 0.1) is 0 Å². The molecule has 1 aromatic carbocycles. The van der Waals surface area contributed by atoms with E-state index in [1.165, 1.54) is 22.4 Å². The van der Waals surface area contributed by atoms with Crippen molar-refractivity contribution in [2.24, 2.45) is 17.3 Å². The zero-order chi connectivity index (χ0) is 22.7. The van der Waals surface area contributed by atoms with E-state index in [1.807, 2.05) is 13.0 Å². The maximum atomic E-state index is 12.2. The number of carbonyl (C=O) groups is 1. The molecule has 4 aliphatic rings. The topological polar surface area (TPSA) is 40.5 Å². The molecule has 32 heavy (non-hydrogen) atoms. The largest absolute Gasteiger partial charge is 0.378 e. The molecule has 168 valence electrons. The Bertz CT molecular complexity index is 1070. The number of ketones is 1. The minimum Gasteiger partial charge on any atom is -0.378 e. The number of hydrogen-bond acceptors (Lipinski definition) is 3. The average Bonchev–Trinajstić information content (AvgIpc) is 3.03. The van der Waals surface area contributed by atoms with E-state index in [0.717, 1.165) is 38.5 Å². The SMILES string of the molecule is CC#CC1(O)CC[C@H]2[C@@H]3CCC4=CC(=O)CCC4=C3C(c3ccc(N(C)C)cc3)C[C@@]21C. The van der Waals surface area contributed by atoms with E-state index in [2.05, 4.69) is 62.0 Å². The first-order chi connectivity index (χ1) is 15.3. The summed E-state index contributed by atoms with van der Waals surface area (Å²) >= 11 is 0. The third-order valence-corrected chi connectivity index (χ3v) is 9.03. The van der Waals surface area contributed by atoms with Crippen LogP contribution in [-0.2, 0) is 4.79 Å². The van der Waals surface area contributed by atoms with Crippen LogP contribution < -0.4 is 4.90 Å². The van der Waals surface area contributed by atoms with Crippen molar-refractivity contribution in [3.8, 4) is 11.8 Å². The molecule has 0 amide bonds. The molecular formula is C29H35NO2. The number of carbonyl (C=O) groups excluding carboxylic acids is 1. The van der Waals surface area contributed by atoms with E-state index in [1.54, 1.807) is 5.57 Å². The highest BCUT2D eigenvalue weighted by molar-refractivity contribution is 5.93. The lowest BCUT2D eigenvalue weighted by atomic mass is 9.51. The summed E-state index contributed by atoms with van der Waals surface area (Å²) in [4.78, 5) is 14.3. The Labute approximate surface area is 192 Å². The van der Waals surface area contributed by atoms with Crippen LogP contribution in [0.2, 0.25) is 0 Å². The van der Waals surface area contributed by atoms with E-state index in [4.69, 9.17) is 0 Å². The second kappa shape index (κ2) is 7.63. The Hall–Kier alpha value is -2.31. The van der Waals surface area contributed by atoms with E-state index in [9.17, 15) is 9.90 Å². The Kier molecular flexibility index (Phi) is 5.13. The fraction of sp³-hybridized carbons (Fsp3) is 0.552. The highest BCUT2D eigenvalue weighted by atomic mass is 16.3. The summed E-state index contributed by atoms with van der Waals surface area (Å²) < 4.78 is 0. The van der Waals surface area contributed by atoms with Gasteiger partial charge in [-0.1, -0.05) is 30.6 Å². The van der Waals surface area contributed by atoms with Gasteiger partial charge in [0.25, 0.3) is 0 Å². The van der Waals surface area contributed by atoms with Gasteiger partial charge in [0, 0.05) is 37.5 Å². The predicted octanol–water partition coefficient (Wildman–Crippen LogP) is 5.41. The first-order valence-electron chi connectivity index (χ1n) is 12.2. The average molecular weight is 430 g/mol. The van der Waals surface area contributed by atoms with Crippen molar-refractivity contribution in [1.29, 1.82) is 0 Å². The van der Waals surface area contributed by atoms with Crippen LogP contribution in [0.15, 0.2) is 47.1 Å². The fourth-order valence-electron chi connectivity index (χ4n) is 7.38. The zero-order valence-electron chi connectivity index (χ0n) is 19.9. The number of rotatable bonds is 2. The molecule has 0 radical (unpaired) electrons. The highest BCUT2D eigenvalue weighted by Gasteiger charge is 2.62. The van der Waals surface area contributed by atoms with Crippen LogP contribution in [0.3, 0.4) is 0 Å². The number of fused-ring (bicyclic) bond motifs is 4. The lowest BCUT2D eigenvalue weighted by Crippen LogP contribution is -2.51. The first kappa shape index (κ1) is 21.5. The molecule has 5 atom stereocenters. The zero-order valence-corrected chi connectivity index (χ0v) is 19.9. The van der Waals surface area contributed by atoms with Gasteiger partial charge >= 0.3 is 0 Å². The monoisotopic (exact) mass is 429 g/mol. The Balaban J connectivity index is 1.67. The molecule has 5 rings (SSSR count). The van der Waals surface area contributed by atoms with Crippen LogP contribution in [0.1, 0.15) is 70.3 Å². The van der Waals surface area contributed by atoms with E-state index < -0.39 is 5.60 Å². The van der Waals surface area contributed by atoms with Crippen LogP contribution in [0.4, 0.5) is 5.69 Å². The second-order valence-corrected chi connectivity index (χ2v) is 10.8. The van der Waals surface area contributed by atoms with Crippen LogP contribution in [0, 0.1) is 29.1 Å². The van der Waals surface area contributed by atoms with Gasteiger partial charge < -0.3 is 10.0 Å². The van der Waals surface area contributed by atoms with Crippen LogP contribution in [0.25, 0.3) is 0 Å². The van der Waals surface area contributed by atoms with Gasteiger partial charge in [-0.2, -0.15) is 0 Å². The van der Waals surface area contributed by atoms with Crippen molar-refractivity contribution in [3.05, 3.63) is 52.6 Å². The summed E-state index contributed by atoms with van der Waals surface area (Å²) in [5, 5.41) is 11.7. The van der Waals surface area contributed by atoms with Gasteiger partial charge in [-0.3, -0.25) is 4.79 Å². The number of benzene rings is 1. The molecule has 2 fully saturated rings. The van der Waals surface area contributed by atoms with Crippen LogP contribution >= 0.6 is 0 Å². The number of hydrogen-bond donors (Lipinski definition) is 1. The summed E-state index contributed by atoms with van der Waals surface area (Å²) in [6, 6.07) is 8.97.